The first kappa shape index (κ1) is 30.2. The number of rotatable bonds is 18. The van der Waals surface area contributed by atoms with Crippen LogP contribution < -0.4 is 5.32 Å². The SMILES string of the molecule is CCCCOP(=O)(CCCCC1(C(=O)NCCCn2ccnc2)c2ccccc2-c2ccccc21)OCCCC. The normalized spacial score (nSPS) is 13.7. The highest BCUT2D eigenvalue weighted by Gasteiger charge is 2.48. The van der Waals surface area contributed by atoms with Gasteiger partial charge in [-0.05, 0) is 54.4 Å². The third-order valence-electron chi connectivity index (χ3n) is 7.69. The van der Waals surface area contributed by atoms with Gasteiger partial charge in [-0.25, -0.2) is 4.98 Å². The van der Waals surface area contributed by atoms with Gasteiger partial charge in [0.1, 0.15) is 5.41 Å². The summed E-state index contributed by atoms with van der Waals surface area (Å²) in [5.41, 5.74) is 3.53. The molecule has 3 aromatic rings. The van der Waals surface area contributed by atoms with Crippen molar-refractivity contribution >= 4 is 13.5 Å². The van der Waals surface area contributed by atoms with Gasteiger partial charge < -0.3 is 18.9 Å². The fourth-order valence-electron chi connectivity index (χ4n) is 5.54. The minimum atomic E-state index is -3.17. The summed E-state index contributed by atoms with van der Waals surface area (Å²) in [6, 6.07) is 16.5. The molecule has 1 aliphatic carbocycles. The molecule has 0 unspecified atom stereocenters. The molecule has 0 radical (unpaired) electrons. The molecule has 1 aromatic heterocycles. The molecule has 2 aromatic carbocycles. The van der Waals surface area contributed by atoms with E-state index < -0.39 is 13.0 Å². The summed E-state index contributed by atoms with van der Waals surface area (Å²) in [5, 5.41) is 3.26. The molecule has 40 heavy (non-hydrogen) atoms. The zero-order chi connectivity index (χ0) is 28.3. The average Bonchev–Trinajstić information content (AvgIpc) is 3.59. The molecule has 0 saturated carbocycles. The minimum Gasteiger partial charge on any atom is -0.355 e. The number of nitrogens with one attached hydrogen (secondary N) is 1. The van der Waals surface area contributed by atoms with Crippen LogP contribution in [0.1, 0.15) is 76.3 Å². The lowest BCUT2D eigenvalue weighted by atomic mass is 9.73. The number of unbranched alkanes of at least 4 members (excludes halogenated alkanes) is 3. The van der Waals surface area contributed by atoms with Crippen LogP contribution in [0.25, 0.3) is 11.1 Å². The van der Waals surface area contributed by atoms with Gasteiger partial charge in [-0.1, -0.05) is 81.6 Å². The van der Waals surface area contributed by atoms with Crippen molar-refractivity contribution in [2.24, 2.45) is 0 Å². The molecule has 8 heteroatoms. The van der Waals surface area contributed by atoms with Gasteiger partial charge in [0.2, 0.25) is 5.91 Å². The fourth-order valence-corrected chi connectivity index (χ4v) is 7.30. The van der Waals surface area contributed by atoms with E-state index in [9.17, 15) is 9.36 Å². The molecule has 1 heterocycles. The van der Waals surface area contributed by atoms with Gasteiger partial charge in [0.15, 0.2) is 0 Å². The Bertz CT molecular complexity index is 1200. The fraction of sp³-hybridized carbons (Fsp3) is 0.500. The molecule has 0 aliphatic heterocycles. The summed E-state index contributed by atoms with van der Waals surface area (Å²) in [7, 11) is -3.17. The van der Waals surface area contributed by atoms with Crippen molar-refractivity contribution in [2.75, 3.05) is 25.9 Å². The van der Waals surface area contributed by atoms with Crippen molar-refractivity contribution in [1.29, 1.82) is 0 Å². The van der Waals surface area contributed by atoms with Gasteiger partial charge in [-0.3, -0.25) is 9.36 Å². The molecular weight excluding hydrogens is 521 g/mol. The van der Waals surface area contributed by atoms with Crippen molar-refractivity contribution in [3.63, 3.8) is 0 Å². The second-order valence-electron chi connectivity index (χ2n) is 10.6. The lowest BCUT2D eigenvalue weighted by Gasteiger charge is -2.31. The molecule has 0 atom stereocenters. The number of hydrogen-bond donors (Lipinski definition) is 1. The highest BCUT2D eigenvalue weighted by atomic mass is 31.2. The summed E-state index contributed by atoms with van der Waals surface area (Å²) in [6.45, 7) is 6.45. The van der Waals surface area contributed by atoms with Gasteiger partial charge in [-0.2, -0.15) is 0 Å². The topological polar surface area (TPSA) is 82.5 Å². The first-order chi connectivity index (χ1) is 19.5. The summed E-state index contributed by atoms with van der Waals surface area (Å²) >= 11 is 0. The first-order valence-electron chi connectivity index (χ1n) is 14.9. The Kier molecular flexibility index (Phi) is 11.2. The highest BCUT2D eigenvalue weighted by Crippen LogP contribution is 2.53. The average molecular weight is 566 g/mol. The molecule has 216 valence electrons. The monoisotopic (exact) mass is 565 g/mol. The van der Waals surface area contributed by atoms with Crippen LogP contribution >= 0.6 is 7.60 Å². The van der Waals surface area contributed by atoms with Gasteiger partial charge in [0.05, 0.1) is 25.7 Å². The quantitative estimate of drug-likeness (QED) is 0.129. The highest BCUT2D eigenvalue weighted by molar-refractivity contribution is 7.53. The van der Waals surface area contributed by atoms with Crippen LogP contribution in [0.4, 0.5) is 0 Å². The molecule has 0 fully saturated rings. The van der Waals surface area contributed by atoms with Crippen LogP contribution in [0.5, 0.6) is 0 Å². The Morgan fingerprint density at radius 3 is 2.10 bits per heavy atom. The number of carbonyl (C=O) groups excluding carboxylic acids is 1. The Labute approximate surface area is 239 Å². The van der Waals surface area contributed by atoms with Crippen molar-refractivity contribution in [1.82, 2.24) is 14.9 Å². The van der Waals surface area contributed by atoms with Crippen LogP contribution in [0.3, 0.4) is 0 Å². The van der Waals surface area contributed by atoms with Crippen LogP contribution in [0, 0.1) is 0 Å². The number of amides is 1. The van der Waals surface area contributed by atoms with E-state index in [4.69, 9.17) is 9.05 Å². The molecule has 1 amide bonds. The summed E-state index contributed by atoms with van der Waals surface area (Å²) in [4.78, 5) is 18.3. The van der Waals surface area contributed by atoms with Crippen LogP contribution in [0.2, 0.25) is 0 Å². The second-order valence-corrected chi connectivity index (χ2v) is 12.8. The van der Waals surface area contributed by atoms with Crippen LogP contribution in [-0.4, -0.2) is 41.4 Å². The standard InChI is InChI=1S/C32H44N3O4P/c1-3-5-23-38-40(37,39-24-6-4-2)25-12-11-18-32(31(36)34-19-13-21-35-22-20-33-26-35)29-16-9-7-14-27(29)28-15-8-10-17-30(28)32/h7-10,14-17,20,22,26H,3-6,11-13,18-19,21,23-25H2,1-2H3,(H,34,36). The zero-order valence-electron chi connectivity index (χ0n) is 24.0. The number of carbonyl (C=O) groups is 1. The van der Waals surface area contributed by atoms with E-state index in [1.165, 1.54) is 0 Å². The van der Waals surface area contributed by atoms with E-state index in [0.29, 0.717) is 38.8 Å². The molecule has 0 bridgehead atoms. The lowest BCUT2D eigenvalue weighted by Crippen LogP contribution is -2.44. The molecule has 7 nitrogen and oxygen atoms in total. The van der Waals surface area contributed by atoms with Crippen molar-refractivity contribution in [3.05, 3.63) is 78.4 Å². The van der Waals surface area contributed by atoms with Gasteiger partial charge in [0.25, 0.3) is 0 Å². The Morgan fingerprint density at radius 1 is 0.900 bits per heavy atom. The Balaban J connectivity index is 1.50. The Hall–Kier alpha value is -2.73. The third-order valence-corrected chi connectivity index (χ3v) is 9.71. The van der Waals surface area contributed by atoms with Gasteiger partial charge in [-0.15, -0.1) is 0 Å². The maximum atomic E-state index is 14.2. The number of imidazole rings is 1. The second kappa shape index (κ2) is 14.8. The zero-order valence-corrected chi connectivity index (χ0v) is 24.9. The maximum absolute atomic E-state index is 14.2. The Morgan fingerprint density at radius 2 is 1.52 bits per heavy atom. The summed E-state index contributed by atoms with van der Waals surface area (Å²) in [5.74, 6) is 0.0251. The summed E-state index contributed by atoms with van der Waals surface area (Å²) < 4.78 is 27.2. The predicted molar refractivity (Wildman–Crippen MR) is 161 cm³/mol. The van der Waals surface area contributed by atoms with E-state index in [1.807, 2.05) is 35.0 Å². The largest absolute Gasteiger partial charge is 0.355 e. The first-order valence-corrected chi connectivity index (χ1v) is 16.6. The molecular formula is C32H44N3O4P. The minimum absolute atomic E-state index is 0.0251. The van der Waals surface area contributed by atoms with Gasteiger partial charge >= 0.3 is 7.60 Å². The van der Waals surface area contributed by atoms with E-state index in [-0.39, 0.29) is 5.91 Å². The number of aromatic nitrogens is 2. The van der Waals surface area contributed by atoms with Crippen LogP contribution in [-0.2, 0) is 30.4 Å². The van der Waals surface area contributed by atoms with E-state index >= 15 is 0 Å². The number of fused-ring (bicyclic) bond motifs is 3. The van der Waals surface area contributed by atoms with Crippen molar-refractivity contribution in [2.45, 2.75) is 77.2 Å². The molecule has 0 spiro atoms. The lowest BCUT2D eigenvalue weighted by molar-refractivity contribution is -0.125. The van der Waals surface area contributed by atoms with Crippen molar-refractivity contribution < 1.29 is 18.4 Å². The maximum Gasteiger partial charge on any atom is 0.330 e. The van der Waals surface area contributed by atoms with E-state index in [1.54, 1.807) is 12.5 Å². The third kappa shape index (κ3) is 7.12. The number of benzene rings is 2. The number of aryl methyl sites for hydroxylation is 1. The summed E-state index contributed by atoms with van der Waals surface area (Å²) in [6.07, 6.45) is 12.4. The molecule has 0 saturated heterocycles. The van der Waals surface area contributed by atoms with E-state index in [2.05, 4.69) is 48.4 Å². The predicted octanol–water partition coefficient (Wildman–Crippen LogP) is 7.35. The smallest absolute Gasteiger partial charge is 0.330 e. The van der Waals surface area contributed by atoms with Crippen molar-refractivity contribution in [3.8, 4) is 11.1 Å². The number of hydrogen-bond acceptors (Lipinski definition) is 5. The van der Waals surface area contributed by atoms with Crippen LogP contribution in [0.15, 0.2) is 67.3 Å². The molecule has 1 N–H and O–H groups in total. The van der Waals surface area contributed by atoms with Gasteiger partial charge in [0, 0.05) is 25.5 Å². The molecule has 1 aliphatic rings. The number of nitrogens with zero attached hydrogens (tertiary/aromatic N) is 2. The molecule has 4 rings (SSSR count). The van der Waals surface area contributed by atoms with E-state index in [0.717, 1.165) is 67.3 Å².